The summed E-state index contributed by atoms with van der Waals surface area (Å²) in [7, 11) is -5.32. The van der Waals surface area contributed by atoms with Gasteiger partial charge in [-0.2, -0.15) is 8.78 Å². The normalized spacial score (nSPS) is 11.0. The van der Waals surface area contributed by atoms with E-state index in [9.17, 15) is 8.78 Å². The van der Waals surface area contributed by atoms with Crippen LogP contribution < -0.4 is 0 Å². The van der Waals surface area contributed by atoms with Gasteiger partial charge in [0.25, 0.3) is 0 Å². The first-order valence-electron chi connectivity index (χ1n) is 1.17. The Morgan fingerprint density at radius 3 is 1.50 bits per heavy atom. The number of hydrogen-bond acceptors (Lipinski definition) is 3. The van der Waals surface area contributed by atoms with E-state index in [4.69, 9.17) is 13.0 Å². The summed E-state index contributed by atoms with van der Waals surface area (Å²) in [6.07, 6.45) is 0. The summed E-state index contributed by atoms with van der Waals surface area (Å²) in [6.45, 7) is 0. The molecule has 0 spiro atoms. The van der Waals surface area contributed by atoms with Gasteiger partial charge in [0.2, 0.25) is 0 Å². The molecular weight excluding hydrogens is 238 g/mol. The third-order valence-corrected chi connectivity index (χ3v) is 0.655. The molecule has 8 heavy (non-hydrogen) atoms. The molecule has 0 unspecified atom stereocenters. The number of halogens is 2. The molecule has 0 aromatic carbocycles. The number of hydrogen-bond donors (Lipinski definition) is 0. The van der Waals surface area contributed by atoms with E-state index in [1.54, 1.807) is 0 Å². The van der Waals surface area contributed by atoms with Crippen LogP contribution in [0.2, 0.25) is 0 Å². The van der Waals surface area contributed by atoms with Crippen LogP contribution in [-0.4, -0.2) is 18.7 Å². The monoisotopic (exact) mass is 238 g/mol. The molecule has 7 heteroatoms. The molecule has 0 fully saturated rings. The fraction of sp³-hybridized carbons (Fsp3) is 1.00. The molecule has 0 atom stereocenters. The first-order chi connectivity index (χ1) is 2.94. The van der Waals surface area contributed by atoms with Crippen LogP contribution in [0.15, 0.2) is 0 Å². The minimum absolute atomic E-state index is 0. The molecule has 0 radical (unpaired) electrons. The average molecular weight is 239 g/mol. The summed E-state index contributed by atoms with van der Waals surface area (Å²) in [5, 5.41) is 0. The Labute approximate surface area is 60.3 Å². The molecule has 0 aliphatic rings. The molecule has 3 nitrogen and oxygen atoms in total. The minimum Gasteiger partial charge on any atom is -0.744 e. The van der Waals surface area contributed by atoms with Crippen molar-refractivity contribution in [2.45, 2.75) is 5.76 Å². The summed E-state index contributed by atoms with van der Waals surface area (Å²) in [5.74, 6) is -3.78. The second kappa shape index (κ2) is 3.52. The summed E-state index contributed by atoms with van der Waals surface area (Å²) in [6, 6.07) is 0. The van der Waals surface area contributed by atoms with Gasteiger partial charge in [0, 0.05) is 0 Å². The van der Waals surface area contributed by atoms with E-state index in [1.165, 1.54) is 0 Å². The molecule has 0 aromatic rings. The standard InChI is InChI=1S/CH2F2O3S.Ag/c2-1(3)7(4,5)6;/h1H,(H,4,5,6);/q;+1/p-1. The van der Waals surface area contributed by atoms with E-state index in [1.807, 2.05) is 0 Å². The van der Waals surface area contributed by atoms with E-state index in [0.717, 1.165) is 0 Å². The number of rotatable bonds is 1. The van der Waals surface area contributed by atoms with Crippen LogP contribution in [0.3, 0.4) is 0 Å². The Bertz CT molecular complexity index is 139. The summed E-state index contributed by atoms with van der Waals surface area (Å²) >= 11 is 0. The SMILES string of the molecule is O=S(=O)([O-])C(F)F.[Ag+]. The summed E-state index contributed by atoms with van der Waals surface area (Å²) in [5.41, 5.74) is 0. The first kappa shape index (κ1) is 11.3. The Balaban J connectivity index is 0. The van der Waals surface area contributed by atoms with Crippen molar-refractivity contribution in [3.8, 4) is 0 Å². The van der Waals surface area contributed by atoms with Crippen LogP contribution in [0, 0.1) is 0 Å². The van der Waals surface area contributed by atoms with Crippen LogP contribution in [-0.2, 0) is 32.5 Å². The van der Waals surface area contributed by atoms with Gasteiger partial charge in [-0.15, -0.1) is 0 Å². The topological polar surface area (TPSA) is 57.2 Å². The maximum absolute atomic E-state index is 10.6. The molecule has 0 aliphatic heterocycles. The predicted octanol–water partition coefficient (Wildman–Crippen LogP) is -0.248. The predicted molar refractivity (Wildman–Crippen MR) is 15.7 cm³/mol. The average Bonchev–Trinajstić information content (AvgIpc) is 1.31. The quantitative estimate of drug-likeness (QED) is 0.468. The maximum atomic E-state index is 10.6. The Morgan fingerprint density at radius 1 is 1.38 bits per heavy atom. The molecular formula is CHAgF2O3S. The molecule has 54 valence electrons. The van der Waals surface area contributed by atoms with Gasteiger partial charge in [-0.3, -0.25) is 0 Å². The molecule has 0 amide bonds. The maximum Gasteiger partial charge on any atom is 1.00 e. The van der Waals surface area contributed by atoms with Crippen LogP contribution in [0.1, 0.15) is 0 Å². The Morgan fingerprint density at radius 2 is 1.50 bits per heavy atom. The van der Waals surface area contributed by atoms with Crippen molar-refractivity contribution in [1.82, 2.24) is 0 Å². The van der Waals surface area contributed by atoms with Crippen molar-refractivity contribution in [2.75, 3.05) is 0 Å². The van der Waals surface area contributed by atoms with E-state index in [2.05, 4.69) is 0 Å². The van der Waals surface area contributed by atoms with Crippen molar-refractivity contribution >= 4 is 10.1 Å². The molecule has 0 rings (SSSR count). The zero-order chi connectivity index (χ0) is 6.08. The largest absolute Gasteiger partial charge is 1.00 e. The van der Waals surface area contributed by atoms with Crippen LogP contribution in [0.4, 0.5) is 8.78 Å². The van der Waals surface area contributed by atoms with Crippen molar-refractivity contribution in [1.29, 1.82) is 0 Å². The third kappa shape index (κ3) is 4.66. The smallest absolute Gasteiger partial charge is 0.744 e. The van der Waals surface area contributed by atoms with Gasteiger partial charge < -0.3 is 4.55 Å². The van der Waals surface area contributed by atoms with Crippen LogP contribution in [0.25, 0.3) is 0 Å². The third-order valence-electron chi connectivity index (χ3n) is 0.218. The van der Waals surface area contributed by atoms with E-state index in [-0.39, 0.29) is 22.4 Å². The van der Waals surface area contributed by atoms with Gasteiger partial charge in [0.1, 0.15) is 0 Å². The second-order valence-corrected chi connectivity index (χ2v) is 2.10. The molecule has 0 N–H and O–H groups in total. The van der Waals surface area contributed by atoms with E-state index in [0.29, 0.717) is 0 Å². The van der Waals surface area contributed by atoms with Crippen LogP contribution >= 0.6 is 0 Å². The van der Waals surface area contributed by atoms with Gasteiger partial charge in [0.05, 0.1) is 0 Å². The molecule has 0 aromatic heterocycles. The molecule has 0 bridgehead atoms. The van der Waals surface area contributed by atoms with Gasteiger partial charge in [-0.1, -0.05) is 0 Å². The summed E-state index contributed by atoms with van der Waals surface area (Å²) in [4.78, 5) is 0. The molecule has 0 saturated carbocycles. The zero-order valence-electron chi connectivity index (χ0n) is 3.27. The second-order valence-electron chi connectivity index (χ2n) is 0.753. The molecule has 0 heterocycles. The summed E-state index contributed by atoms with van der Waals surface area (Å²) < 4.78 is 48.4. The van der Waals surface area contributed by atoms with Crippen LogP contribution in [0.5, 0.6) is 0 Å². The first-order valence-corrected chi connectivity index (χ1v) is 2.64. The molecule has 0 aliphatic carbocycles. The van der Waals surface area contributed by atoms with Gasteiger partial charge in [-0.25, -0.2) is 8.42 Å². The van der Waals surface area contributed by atoms with Gasteiger partial charge >= 0.3 is 28.1 Å². The Hall–Kier alpha value is 0.510. The zero-order valence-corrected chi connectivity index (χ0v) is 5.57. The van der Waals surface area contributed by atoms with Gasteiger partial charge in [-0.05, 0) is 0 Å². The van der Waals surface area contributed by atoms with Crippen molar-refractivity contribution in [3.05, 3.63) is 0 Å². The molecule has 0 saturated heterocycles. The fourth-order valence-corrected chi connectivity index (χ4v) is 0. The van der Waals surface area contributed by atoms with Gasteiger partial charge in [0.15, 0.2) is 10.1 Å². The van der Waals surface area contributed by atoms with Crippen molar-refractivity contribution in [2.24, 2.45) is 0 Å². The number of alkyl halides is 2. The van der Waals surface area contributed by atoms with E-state index < -0.39 is 15.9 Å². The Kier molecular flexibility index (Phi) is 4.98. The fourth-order valence-electron chi connectivity index (χ4n) is 0. The van der Waals surface area contributed by atoms with Crippen molar-refractivity contribution in [3.63, 3.8) is 0 Å². The van der Waals surface area contributed by atoms with Crippen molar-refractivity contribution < 1.29 is 44.1 Å². The minimum atomic E-state index is -5.32. The van der Waals surface area contributed by atoms with E-state index >= 15 is 0 Å².